The molecule has 0 saturated heterocycles. The Hall–Kier alpha value is -2.32. The van der Waals surface area contributed by atoms with E-state index in [9.17, 15) is 19.4 Å². The van der Waals surface area contributed by atoms with Gasteiger partial charge in [-0.3, -0.25) is 9.36 Å². The molecule has 2 N–H and O–H groups in total. The quantitative estimate of drug-likeness (QED) is 0.0272. The van der Waals surface area contributed by atoms with Gasteiger partial charge in [0, 0.05) is 6.42 Å². The third-order valence-corrected chi connectivity index (χ3v) is 13.8. The molecule has 412 valence electrons. The van der Waals surface area contributed by atoms with Crippen molar-refractivity contribution in [1.82, 2.24) is 5.32 Å². The summed E-state index contributed by atoms with van der Waals surface area (Å²) in [5, 5.41) is 13.9. The Balaban J connectivity index is 4.25. The number of likely N-dealkylation sites (N-methyl/N-ethyl adjacent to an activating group) is 1. The molecule has 0 bridgehead atoms. The molecule has 0 saturated carbocycles. The lowest BCUT2D eigenvalue weighted by Gasteiger charge is -2.29. The van der Waals surface area contributed by atoms with Crippen LogP contribution in [0.15, 0.2) is 85.1 Å². The number of hydrogen-bond donors (Lipinski definition) is 2. The topological polar surface area (TPSA) is 108 Å². The van der Waals surface area contributed by atoms with Gasteiger partial charge in [0.25, 0.3) is 7.82 Å². The number of unbranched alkanes of at least 4 members (excludes halogenated alkanes) is 28. The molecule has 8 nitrogen and oxygen atoms in total. The van der Waals surface area contributed by atoms with Crippen molar-refractivity contribution in [2.24, 2.45) is 0 Å². The van der Waals surface area contributed by atoms with Crippen molar-refractivity contribution in [2.75, 3.05) is 40.9 Å². The normalized spacial score (nSPS) is 14.5. The minimum atomic E-state index is -4.61. The number of allylic oxidation sites excluding steroid dienone is 13. The fraction of sp³-hybridized carbons (Fsp3) is 0.758. The van der Waals surface area contributed by atoms with Crippen molar-refractivity contribution < 1.29 is 32.9 Å². The average Bonchev–Trinajstić information content (AvgIpc) is 3.33. The van der Waals surface area contributed by atoms with Crippen LogP contribution in [0.4, 0.5) is 0 Å². The summed E-state index contributed by atoms with van der Waals surface area (Å²) < 4.78 is 23.4. The van der Waals surface area contributed by atoms with Gasteiger partial charge in [-0.1, -0.05) is 259 Å². The number of carbonyl (C=O) groups excluding carboxylic acids is 1. The summed E-state index contributed by atoms with van der Waals surface area (Å²) in [4.78, 5) is 25.5. The number of nitrogens with zero attached hydrogens (tertiary/aromatic N) is 1. The molecule has 3 unspecified atom stereocenters. The van der Waals surface area contributed by atoms with Crippen molar-refractivity contribution >= 4 is 13.7 Å². The highest BCUT2D eigenvalue weighted by Crippen LogP contribution is 2.38. The molecule has 0 spiro atoms. The summed E-state index contributed by atoms with van der Waals surface area (Å²) in [7, 11) is 1.25. The van der Waals surface area contributed by atoms with Gasteiger partial charge in [-0.05, 0) is 70.6 Å². The Morgan fingerprint density at radius 2 is 0.859 bits per heavy atom. The molecule has 0 heterocycles. The van der Waals surface area contributed by atoms with Gasteiger partial charge in [0.2, 0.25) is 5.91 Å². The maximum atomic E-state index is 13.0. The van der Waals surface area contributed by atoms with E-state index in [0.29, 0.717) is 17.4 Å². The van der Waals surface area contributed by atoms with E-state index in [4.69, 9.17) is 9.05 Å². The number of rotatable bonds is 53. The maximum absolute atomic E-state index is 13.0. The van der Waals surface area contributed by atoms with Crippen molar-refractivity contribution in [2.45, 2.75) is 264 Å². The molecule has 9 heteroatoms. The van der Waals surface area contributed by atoms with E-state index in [0.717, 1.165) is 89.9 Å². The predicted octanol–water partition coefficient (Wildman–Crippen LogP) is 17.4. The molecule has 0 aromatic heterocycles. The van der Waals surface area contributed by atoms with E-state index in [-0.39, 0.29) is 19.1 Å². The summed E-state index contributed by atoms with van der Waals surface area (Å²) in [6.07, 6.45) is 73.7. The van der Waals surface area contributed by atoms with Crippen molar-refractivity contribution in [3.05, 3.63) is 85.1 Å². The molecule has 0 aliphatic rings. The lowest BCUT2D eigenvalue weighted by Crippen LogP contribution is -2.45. The molecule has 0 rings (SSSR count). The SMILES string of the molecule is CC/C=C\C/C=C\C/C=C\C/C=C\C/C=C\C/C=C\CCCCCCCCCCC(=O)NC(COP(=O)([O-])OCC[N+](C)(C)C)C(O)/C=C/CCCCCCCCCCCCCCCCCCCCCC. The zero-order valence-corrected chi connectivity index (χ0v) is 47.8. The van der Waals surface area contributed by atoms with Crippen LogP contribution in [0.25, 0.3) is 0 Å². The smallest absolute Gasteiger partial charge is 0.268 e. The number of carbonyl (C=O) groups is 1. The summed E-state index contributed by atoms with van der Waals surface area (Å²) in [5.41, 5.74) is 0. The Morgan fingerprint density at radius 3 is 1.25 bits per heavy atom. The first-order valence-corrected chi connectivity index (χ1v) is 30.9. The average molecular weight is 1010 g/mol. The number of nitrogens with one attached hydrogen (secondary N) is 1. The monoisotopic (exact) mass is 1010 g/mol. The summed E-state index contributed by atoms with van der Waals surface area (Å²) in [6.45, 7) is 4.54. The zero-order chi connectivity index (χ0) is 52.0. The van der Waals surface area contributed by atoms with E-state index >= 15 is 0 Å². The standard InChI is InChI=1S/C62H113N2O6P/c1-6-8-10-12-14-16-18-20-22-24-26-28-30-31-32-33-34-36-38-40-42-44-46-48-50-52-54-56-62(66)63-60(59-70-71(67,68)69-58-57-64(3,4)5)61(65)55-53-51-49-47-45-43-41-39-37-35-29-27-25-23-21-19-17-15-13-11-9-7-2/h8,10,14,16,20,22,26,28,31-32,34,36,53,55,60-61,65H,6-7,9,11-13,15,17-19,21,23-25,27,29-30,33,35,37-52,54,56-59H2,1-5H3,(H-,63,66,67,68)/b10-8-,16-14-,22-20-,28-26-,32-31-,36-34-,55-53+. The largest absolute Gasteiger partial charge is 0.756 e. The summed E-state index contributed by atoms with van der Waals surface area (Å²) in [5.74, 6) is -0.207. The van der Waals surface area contributed by atoms with Gasteiger partial charge in [0.15, 0.2) is 0 Å². The molecule has 0 radical (unpaired) electrons. The number of hydrogen-bond acceptors (Lipinski definition) is 6. The Labute approximate surface area is 439 Å². The van der Waals surface area contributed by atoms with Gasteiger partial charge in [-0.2, -0.15) is 0 Å². The number of phosphoric acid groups is 1. The first-order valence-electron chi connectivity index (χ1n) is 29.4. The Kier molecular flexibility index (Phi) is 50.8. The van der Waals surface area contributed by atoms with Crippen LogP contribution in [0.3, 0.4) is 0 Å². The summed E-state index contributed by atoms with van der Waals surface area (Å²) >= 11 is 0. The van der Waals surface area contributed by atoms with Gasteiger partial charge in [0.1, 0.15) is 13.2 Å². The molecule has 3 atom stereocenters. The van der Waals surface area contributed by atoms with Crippen LogP contribution in [-0.2, 0) is 18.4 Å². The molecule has 71 heavy (non-hydrogen) atoms. The van der Waals surface area contributed by atoms with Crippen LogP contribution in [0.5, 0.6) is 0 Å². The maximum Gasteiger partial charge on any atom is 0.268 e. The third-order valence-electron chi connectivity index (χ3n) is 12.9. The molecule has 0 aromatic carbocycles. The highest BCUT2D eigenvalue weighted by atomic mass is 31.2. The molecule has 0 fully saturated rings. The van der Waals surface area contributed by atoms with Crippen LogP contribution in [0.2, 0.25) is 0 Å². The van der Waals surface area contributed by atoms with Crippen LogP contribution in [0, 0.1) is 0 Å². The lowest BCUT2D eigenvalue weighted by atomic mass is 10.0. The van der Waals surface area contributed by atoms with Gasteiger partial charge in [-0.25, -0.2) is 0 Å². The highest BCUT2D eigenvalue weighted by Gasteiger charge is 2.23. The van der Waals surface area contributed by atoms with E-state index in [1.807, 2.05) is 27.2 Å². The lowest BCUT2D eigenvalue weighted by molar-refractivity contribution is -0.870. The fourth-order valence-corrected chi connectivity index (χ4v) is 9.00. The van der Waals surface area contributed by atoms with Crippen LogP contribution in [-0.4, -0.2) is 68.5 Å². The van der Waals surface area contributed by atoms with Gasteiger partial charge >= 0.3 is 0 Å². The van der Waals surface area contributed by atoms with E-state index in [1.54, 1.807) is 6.08 Å². The van der Waals surface area contributed by atoms with Crippen LogP contribution >= 0.6 is 7.82 Å². The van der Waals surface area contributed by atoms with Gasteiger partial charge in [-0.15, -0.1) is 0 Å². The second kappa shape index (κ2) is 52.5. The molecular formula is C62H113N2O6P. The fourth-order valence-electron chi connectivity index (χ4n) is 8.28. The van der Waals surface area contributed by atoms with Crippen LogP contribution < -0.4 is 10.2 Å². The minimum Gasteiger partial charge on any atom is -0.756 e. The third kappa shape index (κ3) is 55.3. The van der Waals surface area contributed by atoms with Crippen molar-refractivity contribution in [3.8, 4) is 0 Å². The highest BCUT2D eigenvalue weighted by molar-refractivity contribution is 7.45. The molecule has 0 aromatic rings. The Bertz CT molecular complexity index is 1430. The first-order chi connectivity index (χ1) is 34.5. The number of amides is 1. The van der Waals surface area contributed by atoms with Gasteiger partial charge in [0.05, 0.1) is 39.9 Å². The summed E-state index contributed by atoms with van der Waals surface area (Å²) in [6, 6.07) is -0.897. The molecule has 0 aliphatic carbocycles. The Morgan fingerprint density at radius 1 is 0.507 bits per heavy atom. The number of quaternary nitrogens is 1. The van der Waals surface area contributed by atoms with Crippen LogP contribution in [0.1, 0.15) is 251 Å². The van der Waals surface area contributed by atoms with Crippen molar-refractivity contribution in [3.63, 3.8) is 0 Å². The van der Waals surface area contributed by atoms with Crippen molar-refractivity contribution in [1.29, 1.82) is 0 Å². The number of aliphatic hydroxyl groups is 1. The molecule has 0 aliphatic heterocycles. The van der Waals surface area contributed by atoms with E-state index in [2.05, 4.69) is 92.1 Å². The molecular weight excluding hydrogens is 900 g/mol. The van der Waals surface area contributed by atoms with E-state index < -0.39 is 20.0 Å². The predicted molar refractivity (Wildman–Crippen MR) is 307 cm³/mol. The molecule has 1 amide bonds. The zero-order valence-electron chi connectivity index (χ0n) is 46.9. The van der Waals surface area contributed by atoms with Gasteiger partial charge < -0.3 is 28.8 Å². The number of aliphatic hydroxyl groups excluding tert-OH is 1. The minimum absolute atomic E-state index is 0.00639. The second-order valence-electron chi connectivity index (χ2n) is 21.0. The first kappa shape index (κ1) is 68.7. The second-order valence-corrected chi connectivity index (χ2v) is 22.4. The number of phosphoric ester groups is 1. The van der Waals surface area contributed by atoms with E-state index in [1.165, 1.54) is 141 Å².